The molecule has 0 aliphatic heterocycles. The number of rotatable bonds is 5. The minimum Gasteiger partial charge on any atom is -0.357 e. The molecule has 2 fully saturated rings. The third kappa shape index (κ3) is 2.73. The first-order valence-electron chi connectivity index (χ1n) is 6.68. The Morgan fingerprint density at radius 2 is 1.87 bits per heavy atom. The van der Waals surface area contributed by atoms with Crippen LogP contribution in [-0.2, 0) is 0 Å². The molecule has 0 spiro atoms. The third-order valence-electron chi connectivity index (χ3n) is 3.79. The molecule has 2 heteroatoms. The van der Waals surface area contributed by atoms with Crippen molar-refractivity contribution in [3.8, 4) is 0 Å². The topological polar surface area (TPSA) is 27.1 Å². The SMILES string of the molecule is CCCCN(C(=N)C1CCCC1)C1CC1. The second kappa shape index (κ2) is 5.00. The highest BCUT2D eigenvalue weighted by molar-refractivity contribution is 5.82. The highest BCUT2D eigenvalue weighted by Crippen LogP contribution is 2.33. The van der Waals surface area contributed by atoms with Gasteiger partial charge in [0.2, 0.25) is 0 Å². The molecule has 0 saturated heterocycles. The predicted molar refractivity (Wildman–Crippen MR) is 64.3 cm³/mol. The van der Waals surface area contributed by atoms with Gasteiger partial charge in [0.25, 0.3) is 0 Å². The summed E-state index contributed by atoms with van der Waals surface area (Å²) in [6.45, 7) is 3.38. The van der Waals surface area contributed by atoms with Crippen LogP contribution in [0.25, 0.3) is 0 Å². The number of hydrogen-bond acceptors (Lipinski definition) is 1. The average Bonchev–Trinajstić information content (AvgIpc) is 2.94. The molecule has 0 unspecified atom stereocenters. The van der Waals surface area contributed by atoms with E-state index in [9.17, 15) is 0 Å². The quantitative estimate of drug-likeness (QED) is 0.544. The van der Waals surface area contributed by atoms with Crippen molar-refractivity contribution >= 4 is 5.84 Å². The number of nitrogens with zero attached hydrogens (tertiary/aromatic N) is 1. The number of hydrogen-bond donors (Lipinski definition) is 1. The van der Waals surface area contributed by atoms with Gasteiger partial charge in [0, 0.05) is 18.5 Å². The molecule has 0 amide bonds. The van der Waals surface area contributed by atoms with E-state index in [1.54, 1.807) is 0 Å². The molecule has 2 saturated carbocycles. The summed E-state index contributed by atoms with van der Waals surface area (Å²) in [4.78, 5) is 2.42. The van der Waals surface area contributed by atoms with Crippen LogP contribution in [-0.4, -0.2) is 23.3 Å². The van der Waals surface area contributed by atoms with Gasteiger partial charge in [-0.1, -0.05) is 26.2 Å². The van der Waals surface area contributed by atoms with Crippen molar-refractivity contribution in [2.45, 2.75) is 64.3 Å². The van der Waals surface area contributed by atoms with Crippen LogP contribution >= 0.6 is 0 Å². The van der Waals surface area contributed by atoms with Crippen molar-refractivity contribution in [1.29, 1.82) is 5.41 Å². The molecule has 15 heavy (non-hydrogen) atoms. The molecular weight excluding hydrogens is 184 g/mol. The van der Waals surface area contributed by atoms with Crippen LogP contribution < -0.4 is 0 Å². The fourth-order valence-electron chi connectivity index (χ4n) is 2.65. The van der Waals surface area contributed by atoms with E-state index in [1.807, 2.05) is 0 Å². The molecule has 0 aromatic carbocycles. The summed E-state index contributed by atoms with van der Waals surface area (Å²) in [6.07, 6.45) is 10.4. The first-order valence-corrected chi connectivity index (χ1v) is 6.68. The molecule has 2 rings (SSSR count). The first-order chi connectivity index (χ1) is 7.33. The van der Waals surface area contributed by atoms with Gasteiger partial charge in [-0.05, 0) is 32.1 Å². The number of nitrogens with one attached hydrogen (secondary N) is 1. The van der Waals surface area contributed by atoms with Gasteiger partial charge in [-0.15, -0.1) is 0 Å². The highest BCUT2D eigenvalue weighted by atomic mass is 15.2. The van der Waals surface area contributed by atoms with Crippen molar-refractivity contribution in [3.63, 3.8) is 0 Å². The zero-order valence-corrected chi connectivity index (χ0v) is 9.97. The Bertz CT molecular complexity index is 215. The van der Waals surface area contributed by atoms with E-state index < -0.39 is 0 Å². The van der Waals surface area contributed by atoms with Crippen molar-refractivity contribution < 1.29 is 0 Å². The lowest BCUT2D eigenvalue weighted by molar-refractivity contribution is 0.372. The molecule has 0 heterocycles. The first kappa shape index (κ1) is 11.0. The molecule has 86 valence electrons. The second-order valence-corrected chi connectivity index (χ2v) is 5.14. The Morgan fingerprint density at radius 1 is 1.20 bits per heavy atom. The molecule has 0 atom stereocenters. The summed E-state index contributed by atoms with van der Waals surface area (Å²) >= 11 is 0. The number of unbranched alkanes of at least 4 members (excludes halogenated alkanes) is 1. The standard InChI is InChI=1S/C13H24N2/c1-2-3-10-15(12-8-9-12)13(14)11-6-4-5-7-11/h11-12,14H,2-10H2,1H3. The summed E-state index contributed by atoms with van der Waals surface area (Å²) in [5, 5.41) is 8.32. The molecular formula is C13H24N2. The minimum atomic E-state index is 0.599. The Morgan fingerprint density at radius 3 is 2.40 bits per heavy atom. The van der Waals surface area contributed by atoms with E-state index in [1.165, 1.54) is 51.4 Å². The Kier molecular flexibility index (Phi) is 3.66. The van der Waals surface area contributed by atoms with E-state index in [4.69, 9.17) is 5.41 Å². The zero-order valence-electron chi connectivity index (χ0n) is 9.97. The normalized spacial score (nSPS) is 21.9. The Labute approximate surface area is 93.6 Å². The lowest BCUT2D eigenvalue weighted by Gasteiger charge is -2.28. The molecule has 0 bridgehead atoms. The van der Waals surface area contributed by atoms with Gasteiger partial charge in [-0.25, -0.2) is 0 Å². The summed E-state index contributed by atoms with van der Waals surface area (Å²) in [6, 6.07) is 0.740. The third-order valence-corrected chi connectivity index (χ3v) is 3.79. The lowest BCUT2D eigenvalue weighted by atomic mass is 10.1. The van der Waals surface area contributed by atoms with Crippen LogP contribution in [0.15, 0.2) is 0 Å². The van der Waals surface area contributed by atoms with Gasteiger partial charge >= 0.3 is 0 Å². The maximum Gasteiger partial charge on any atom is 0.0991 e. The summed E-state index contributed by atoms with van der Waals surface area (Å²) < 4.78 is 0. The molecule has 2 aliphatic carbocycles. The van der Waals surface area contributed by atoms with Gasteiger partial charge in [-0.2, -0.15) is 0 Å². The van der Waals surface area contributed by atoms with Crippen molar-refractivity contribution in [2.75, 3.05) is 6.54 Å². The van der Waals surface area contributed by atoms with Gasteiger partial charge in [0.15, 0.2) is 0 Å². The van der Waals surface area contributed by atoms with Crippen LogP contribution in [0.4, 0.5) is 0 Å². The van der Waals surface area contributed by atoms with E-state index in [-0.39, 0.29) is 0 Å². The van der Waals surface area contributed by atoms with E-state index in [0.29, 0.717) is 5.92 Å². The summed E-state index contributed by atoms with van der Waals surface area (Å²) in [5.41, 5.74) is 0. The Balaban J connectivity index is 1.87. The fraction of sp³-hybridized carbons (Fsp3) is 0.923. The van der Waals surface area contributed by atoms with Crippen LogP contribution in [0, 0.1) is 11.3 Å². The minimum absolute atomic E-state index is 0.599. The van der Waals surface area contributed by atoms with Gasteiger partial charge < -0.3 is 4.90 Å². The summed E-state index contributed by atoms with van der Waals surface area (Å²) in [5.74, 6) is 1.57. The monoisotopic (exact) mass is 208 g/mol. The lowest BCUT2D eigenvalue weighted by Crippen LogP contribution is -2.37. The smallest absolute Gasteiger partial charge is 0.0991 e. The van der Waals surface area contributed by atoms with E-state index in [2.05, 4.69) is 11.8 Å². The zero-order chi connectivity index (χ0) is 10.7. The van der Waals surface area contributed by atoms with Gasteiger partial charge in [0.05, 0.1) is 5.84 Å². The van der Waals surface area contributed by atoms with Gasteiger partial charge in [0.1, 0.15) is 0 Å². The molecule has 2 aliphatic rings. The molecule has 2 nitrogen and oxygen atoms in total. The van der Waals surface area contributed by atoms with Crippen molar-refractivity contribution in [1.82, 2.24) is 4.90 Å². The molecule has 1 N–H and O–H groups in total. The summed E-state index contributed by atoms with van der Waals surface area (Å²) in [7, 11) is 0. The number of amidine groups is 1. The van der Waals surface area contributed by atoms with Crippen molar-refractivity contribution in [2.24, 2.45) is 5.92 Å². The van der Waals surface area contributed by atoms with E-state index >= 15 is 0 Å². The predicted octanol–water partition coefficient (Wildman–Crippen LogP) is 3.42. The fourth-order valence-corrected chi connectivity index (χ4v) is 2.65. The highest BCUT2D eigenvalue weighted by Gasteiger charge is 2.33. The average molecular weight is 208 g/mol. The maximum atomic E-state index is 8.32. The Hall–Kier alpha value is -0.530. The van der Waals surface area contributed by atoms with Crippen LogP contribution in [0.5, 0.6) is 0 Å². The largest absolute Gasteiger partial charge is 0.357 e. The maximum absolute atomic E-state index is 8.32. The van der Waals surface area contributed by atoms with Crippen LogP contribution in [0.3, 0.4) is 0 Å². The molecule has 0 radical (unpaired) electrons. The van der Waals surface area contributed by atoms with Crippen LogP contribution in [0.2, 0.25) is 0 Å². The second-order valence-electron chi connectivity index (χ2n) is 5.14. The molecule has 0 aromatic heterocycles. The van der Waals surface area contributed by atoms with E-state index in [0.717, 1.165) is 18.4 Å². The van der Waals surface area contributed by atoms with Crippen molar-refractivity contribution in [3.05, 3.63) is 0 Å². The van der Waals surface area contributed by atoms with Crippen LogP contribution in [0.1, 0.15) is 58.3 Å². The van der Waals surface area contributed by atoms with Gasteiger partial charge in [-0.3, -0.25) is 5.41 Å². The molecule has 0 aromatic rings.